The molecule has 78 valence electrons. The fourth-order valence-electron chi connectivity index (χ4n) is 0.856. The minimum Gasteiger partial charge on any atom is -0.464 e. The molecule has 1 aromatic heterocycles. The molecule has 1 aromatic rings. The number of imidazole rings is 1. The Bertz CT molecular complexity index is 332. The molecule has 1 N–H and O–H groups in total. The van der Waals surface area contributed by atoms with Gasteiger partial charge in [-0.3, -0.25) is 0 Å². The van der Waals surface area contributed by atoms with Crippen molar-refractivity contribution in [3.8, 4) is 0 Å². The first-order valence-corrected chi connectivity index (χ1v) is 3.61. The van der Waals surface area contributed by atoms with E-state index in [0.29, 0.717) is 0 Å². The van der Waals surface area contributed by atoms with Crippen LogP contribution in [0.1, 0.15) is 16.3 Å². The normalized spacial score (nSPS) is 11.4. The van der Waals surface area contributed by atoms with E-state index in [-0.39, 0.29) is 11.5 Å². The van der Waals surface area contributed by atoms with E-state index in [2.05, 4.69) is 14.7 Å². The second-order valence-electron chi connectivity index (χ2n) is 2.53. The van der Waals surface area contributed by atoms with Gasteiger partial charge in [-0.1, -0.05) is 0 Å². The standard InChI is InChI=1S/C7H7F3N2O2/c1-14-6(13)4-3-11-5(12-4)2-7(8,9)10/h3H,2H2,1H3,(H,11,12). The highest BCUT2D eigenvalue weighted by atomic mass is 19.4. The van der Waals surface area contributed by atoms with Crippen LogP contribution in [0.25, 0.3) is 0 Å². The Morgan fingerprint density at radius 2 is 2.29 bits per heavy atom. The maximum absolute atomic E-state index is 11.9. The molecule has 0 amide bonds. The van der Waals surface area contributed by atoms with Crippen molar-refractivity contribution in [2.75, 3.05) is 7.11 Å². The van der Waals surface area contributed by atoms with E-state index in [1.54, 1.807) is 0 Å². The summed E-state index contributed by atoms with van der Waals surface area (Å²) in [6.07, 6.45) is -4.53. The van der Waals surface area contributed by atoms with Crippen LogP contribution >= 0.6 is 0 Å². The van der Waals surface area contributed by atoms with Crippen LogP contribution in [0.4, 0.5) is 13.2 Å². The monoisotopic (exact) mass is 208 g/mol. The number of aromatic amines is 1. The highest BCUT2D eigenvalue weighted by Gasteiger charge is 2.29. The molecule has 0 aliphatic carbocycles. The first-order chi connectivity index (χ1) is 6.42. The molecule has 0 atom stereocenters. The quantitative estimate of drug-likeness (QED) is 0.745. The van der Waals surface area contributed by atoms with E-state index in [1.807, 2.05) is 0 Å². The molecular formula is C7H7F3N2O2. The van der Waals surface area contributed by atoms with Gasteiger partial charge in [-0.05, 0) is 0 Å². The van der Waals surface area contributed by atoms with Crippen LogP contribution < -0.4 is 0 Å². The Kier molecular flexibility index (Phi) is 2.78. The molecule has 1 rings (SSSR count). The lowest BCUT2D eigenvalue weighted by molar-refractivity contribution is -0.128. The molecule has 0 saturated heterocycles. The molecule has 0 spiro atoms. The van der Waals surface area contributed by atoms with Crippen molar-refractivity contribution in [1.82, 2.24) is 9.97 Å². The molecule has 0 radical (unpaired) electrons. The van der Waals surface area contributed by atoms with Crippen LogP contribution in [-0.4, -0.2) is 29.2 Å². The van der Waals surface area contributed by atoms with Gasteiger partial charge in [-0.25, -0.2) is 9.78 Å². The SMILES string of the molecule is COC(=O)c1cnc(CC(F)(F)F)[nH]1. The number of carbonyl (C=O) groups excluding carboxylic acids is 1. The molecule has 4 nitrogen and oxygen atoms in total. The molecule has 1 heterocycles. The number of esters is 1. The number of carbonyl (C=O) groups is 1. The van der Waals surface area contributed by atoms with E-state index < -0.39 is 18.6 Å². The summed E-state index contributed by atoms with van der Waals surface area (Å²) in [6, 6.07) is 0. The van der Waals surface area contributed by atoms with Crippen molar-refractivity contribution in [1.29, 1.82) is 0 Å². The largest absolute Gasteiger partial charge is 0.464 e. The summed E-state index contributed by atoms with van der Waals surface area (Å²) in [6.45, 7) is 0. The minimum absolute atomic E-state index is 0.0910. The fraction of sp³-hybridized carbons (Fsp3) is 0.429. The van der Waals surface area contributed by atoms with E-state index in [1.165, 1.54) is 0 Å². The van der Waals surface area contributed by atoms with Crippen molar-refractivity contribution in [2.24, 2.45) is 0 Å². The number of nitrogens with one attached hydrogen (secondary N) is 1. The Balaban J connectivity index is 2.74. The molecular weight excluding hydrogens is 201 g/mol. The lowest BCUT2D eigenvalue weighted by Gasteiger charge is -2.01. The van der Waals surface area contributed by atoms with Gasteiger partial charge in [0.15, 0.2) is 0 Å². The number of aromatic nitrogens is 2. The van der Waals surface area contributed by atoms with Gasteiger partial charge < -0.3 is 9.72 Å². The summed E-state index contributed by atoms with van der Waals surface area (Å²) in [5.74, 6) is -1.05. The first-order valence-electron chi connectivity index (χ1n) is 3.61. The van der Waals surface area contributed by atoms with E-state index in [9.17, 15) is 18.0 Å². The Labute approximate surface area is 77.1 Å². The van der Waals surface area contributed by atoms with Gasteiger partial charge in [-0.2, -0.15) is 13.2 Å². The number of nitrogens with zero attached hydrogens (tertiary/aromatic N) is 1. The molecule has 0 saturated carbocycles. The van der Waals surface area contributed by atoms with E-state index in [0.717, 1.165) is 13.3 Å². The smallest absolute Gasteiger partial charge is 0.396 e. The van der Waals surface area contributed by atoms with Crippen molar-refractivity contribution in [3.05, 3.63) is 17.7 Å². The van der Waals surface area contributed by atoms with Crippen LogP contribution in [0.5, 0.6) is 0 Å². The average molecular weight is 208 g/mol. The van der Waals surface area contributed by atoms with Crippen LogP contribution in [0, 0.1) is 0 Å². The third kappa shape index (κ3) is 2.75. The Morgan fingerprint density at radius 1 is 1.64 bits per heavy atom. The average Bonchev–Trinajstić information content (AvgIpc) is 2.48. The van der Waals surface area contributed by atoms with Gasteiger partial charge in [0.25, 0.3) is 0 Å². The van der Waals surface area contributed by atoms with Crippen LogP contribution in [0.3, 0.4) is 0 Å². The van der Waals surface area contributed by atoms with Gasteiger partial charge in [0.05, 0.1) is 13.3 Å². The molecule has 0 fully saturated rings. The predicted octanol–water partition coefficient (Wildman–Crippen LogP) is 1.30. The first kappa shape index (κ1) is 10.6. The van der Waals surface area contributed by atoms with Gasteiger partial charge in [0.1, 0.15) is 17.9 Å². The zero-order chi connectivity index (χ0) is 10.8. The third-order valence-corrected chi connectivity index (χ3v) is 1.40. The molecule has 0 aromatic carbocycles. The minimum atomic E-state index is -4.34. The third-order valence-electron chi connectivity index (χ3n) is 1.40. The zero-order valence-corrected chi connectivity index (χ0v) is 7.18. The summed E-state index contributed by atoms with van der Waals surface area (Å²) in [5.41, 5.74) is -0.0910. The zero-order valence-electron chi connectivity index (χ0n) is 7.18. The Hall–Kier alpha value is -1.53. The van der Waals surface area contributed by atoms with Crippen molar-refractivity contribution in [2.45, 2.75) is 12.6 Å². The number of halogens is 3. The molecule has 0 unspecified atom stereocenters. The molecule has 0 aliphatic rings. The Morgan fingerprint density at radius 3 is 2.79 bits per heavy atom. The number of H-pyrrole nitrogens is 1. The fourth-order valence-corrected chi connectivity index (χ4v) is 0.856. The number of hydrogen-bond donors (Lipinski definition) is 1. The molecule has 0 aliphatic heterocycles. The lowest BCUT2D eigenvalue weighted by atomic mass is 10.4. The van der Waals surface area contributed by atoms with Gasteiger partial charge >= 0.3 is 12.1 Å². The number of hydrogen-bond acceptors (Lipinski definition) is 3. The maximum Gasteiger partial charge on any atom is 0.396 e. The second kappa shape index (κ2) is 3.69. The highest BCUT2D eigenvalue weighted by molar-refractivity contribution is 5.86. The van der Waals surface area contributed by atoms with Crippen LogP contribution in [-0.2, 0) is 11.2 Å². The van der Waals surface area contributed by atoms with Crippen molar-refractivity contribution in [3.63, 3.8) is 0 Å². The molecule has 14 heavy (non-hydrogen) atoms. The summed E-state index contributed by atoms with van der Waals surface area (Å²) in [4.78, 5) is 16.4. The maximum atomic E-state index is 11.9. The number of alkyl halides is 3. The number of ether oxygens (including phenoxy) is 1. The highest BCUT2D eigenvalue weighted by Crippen LogP contribution is 2.19. The summed E-state index contributed by atoms with van der Waals surface area (Å²) in [7, 11) is 1.13. The summed E-state index contributed by atoms with van der Waals surface area (Å²) in [5, 5.41) is 0. The second-order valence-corrected chi connectivity index (χ2v) is 2.53. The molecule has 0 bridgehead atoms. The van der Waals surface area contributed by atoms with Crippen molar-refractivity contribution >= 4 is 5.97 Å². The van der Waals surface area contributed by atoms with Crippen molar-refractivity contribution < 1.29 is 22.7 Å². The lowest BCUT2D eigenvalue weighted by Crippen LogP contribution is -2.13. The number of methoxy groups -OCH3 is 1. The van der Waals surface area contributed by atoms with E-state index >= 15 is 0 Å². The van der Waals surface area contributed by atoms with E-state index in [4.69, 9.17) is 0 Å². The summed E-state index contributed by atoms with van der Waals surface area (Å²) >= 11 is 0. The van der Waals surface area contributed by atoms with Crippen LogP contribution in [0.2, 0.25) is 0 Å². The number of rotatable bonds is 2. The van der Waals surface area contributed by atoms with Gasteiger partial charge in [0.2, 0.25) is 0 Å². The summed E-state index contributed by atoms with van der Waals surface area (Å²) < 4.78 is 39.9. The predicted molar refractivity (Wildman–Crippen MR) is 39.7 cm³/mol. The van der Waals surface area contributed by atoms with Crippen LogP contribution in [0.15, 0.2) is 6.20 Å². The van der Waals surface area contributed by atoms with Gasteiger partial charge in [0, 0.05) is 0 Å². The van der Waals surface area contributed by atoms with Gasteiger partial charge in [-0.15, -0.1) is 0 Å². The topological polar surface area (TPSA) is 55.0 Å². The molecule has 7 heteroatoms.